The fraction of sp³-hybridized carbons (Fsp3) is 0.909. The van der Waals surface area contributed by atoms with Crippen LogP contribution >= 0.6 is 0 Å². The molecular formula is C11H22N2O3. The molecule has 1 aliphatic rings. The molecule has 0 aromatic carbocycles. The molecule has 0 aliphatic carbocycles. The third kappa shape index (κ3) is 4.92. The van der Waals surface area contributed by atoms with Crippen molar-refractivity contribution >= 4 is 5.91 Å². The maximum Gasteiger partial charge on any atom is 0.246 e. The van der Waals surface area contributed by atoms with Crippen LogP contribution in [0.25, 0.3) is 0 Å². The van der Waals surface area contributed by atoms with E-state index in [-0.39, 0.29) is 18.6 Å². The van der Waals surface area contributed by atoms with Crippen LogP contribution in [0.2, 0.25) is 0 Å². The van der Waals surface area contributed by atoms with Crippen LogP contribution in [0.4, 0.5) is 0 Å². The van der Waals surface area contributed by atoms with E-state index in [9.17, 15) is 4.79 Å². The lowest BCUT2D eigenvalue weighted by molar-refractivity contribution is -0.126. The van der Waals surface area contributed by atoms with Crippen molar-refractivity contribution in [1.82, 2.24) is 5.32 Å². The van der Waals surface area contributed by atoms with Gasteiger partial charge in [-0.05, 0) is 25.7 Å². The number of hydrogen-bond acceptors (Lipinski definition) is 4. The SMILES string of the molecule is CC(NC(=O)COCCN)C1CCOCC1. The average molecular weight is 230 g/mol. The summed E-state index contributed by atoms with van der Waals surface area (Å²) in [7, 11) is 0. The van der Waals surface area contributed by atoms with Gasteiger partial charge in [-0.15, -0.1) is 0 Å². The molecule has 0 radical (unpaired) electrons. The van der Waals surface area contributed by atoms with E-state index in [4.69, 9.17) is 15.2 Å². The van der Waals surface area contributed by atoms with Crippen LogP contribution in [0.15, 0.2) is 0 Å². The van der Waals surface area contributed by atoms with Gasteiger partial charge in [-0.3, -0.25) is 4.79 Å². The first kappa shape index (κ1) is 13.4. The van der Waals surface area contributed by atoms with Gasteiger partial charge in [0.2, 0.25) is 5.91 Å². The average Bonchev–Trinajstić information content (AvgIpc) is 2.30. The highest BCUT2D eigenvalue weighted by molar-refractivity contribution is 5.77. The van der Waals surface area contributed by atoms with E-state index in [1.807, 2.05) is 6.92 Å². The van der Waals surface area contributed by atoms with E-state index in [0.29, 0.717) is 19.1 Å². The second-order valence-corrected chi connectivity index (χ2v) is 4.15. The minimum Gasteiger partial charge on any atom is -0.381 e. The van der Waals surface area contributed by atoms with Crippen molar-refractivity contribution < 1.29 is 14.3 Å². The Balaban J connectivity index is 2.16. The fourth-order valence-electron chi connectivity index (χ4n) is 1.88. The monoisotopic (exact) mass is 230 g/mol. The van der Waals surface area contributed by atoms with E-state index in [2.05, 4.69) is 5.32 Å². The molecule has 1 atom stereocenters. The van der Waals surface area contributed by atoms with Crippen LogP contribution in [-0.2, 0) is 14.3 Å². The van der Waals surface area contributed by atoms with Crippen molar-refractivity contribution in [2.24, 2.45) is 11.7 Å². The number of carbonyl (C=O) groups is 1. The first-order chi connectivity index (χ1) is 7.74. The smallest absolute Gasteiger partial charge is 0.246 e. The van der Waals surface area contributed by atoms with Gasteiger partial charge in [0.05, 0.1) is 6.61 Å². The lowest BCUT2D eigenvalue weighted by Crippen LogP contribution is -2.42. The highest BCUT2D eigenvalue weighted by Crippen LogP contribution is 2.18. The molecule has 0 aromatic heterocycles. The van der Waals surface area contributed by atoms with Gasteiger partial charge in [0.25, 0.3) is 0 Å². The molecule has 1 amide bonds. The van der Waals surface area contributed by atoms with Crippen molar-refractivity contribution in [3.63, 3.8) is 0 Å². The van der Waals surface area contributed by atoms with E-state index in [1.54, 1.807) is 0 Å². The van der Waals surface area contributed by atoms with Gasteiger partial charge in [0.15, 0.2) is 0 Å². The first-order valence-electron chi connectivity index (χ1n) is 5.89. The summed E-state index contributed by atoms with van der Waals surface area (Å²) in [6.45, 7) is 4.62. The number of ether oxygens (including phenoxy) is 2. The van der Waals surface area contributed by atoms with Crippen LogP contribution in [0, 0.1) is 5.92 Å². The number of amides is 1. The molecular weight excluding hydrogens is 208 g/mol. The van der Waals surface area contributed by atoms with E-state index >= 15 is 0 Å². The maximum atomic E-state index is 11.5. The third-order valence-corrected chi connectivity index (χ3v) is 2.86. The topological polar surface area (TPSA) is 73.6 Å². The van der Waals surface area contributed by atoms with Gasteiger partial charge >= 0.3 is 0 Å². The maximum absolute atomic E-state index is 11.5. The fourth-order valence-corrected chi connectivity index (χ4v) is 1.88. The summed E-state index contributed by atoms with van der Waals surface area (Å²) in [5.74, 6) is 0.458. The number of nitrogens with one attached hydrogen (secondary N) is 1. The highest BCUT2D eigenvalue weighted by atomic mass is 16.5. The second-order valence-electron chi connectivity index (χ2n) is 4.15. The summed E-state index contributed by atoms with van der Waals surface area (Å²) in [4.78, 5) is 11.5. The Kier molecular flexibility index (Phi) is 6.37. The van der Waals surface area contributed by atoms with Crippen molar-refractivity contribution in [2.75, 3.05) is 33.0 Å². The summed E-state index contributed by atoms with van der Waals surface area (Å²) >= 11 is 0. The molecule has 0 spiro atoms. The summed E-state index contributed by atoms with van der Waals surface area (Å²) in [5, 5.41) is 2.95. The van der Waals surface area contributed by atoms with Gasteiger partial charge in [-0.1, -0.05) is 0 Å². The molecule has 5 heteroatoms. The zero-order valence-electron chi connectivity index (χ0n) is 9.91. The zero-order chi connectivity index (χ0) is 11.8. The Morgan fingerprint density at radius 1 is 1.56 bits per heavy atom. The summed E-state index contributed by atoms with van der Waals surface area (Å²) < 4.78 is 10.4. The minimum absolute atomic E-state index is 0.0626. The van der Waals surface area contributed by atoms with Crippen LogP contribution in [0.5, 0.6) is 0 Å². The van der Waals surface area contributed by atoms with Crippen LogP contribution in [0.3, 0.4) is 0 Å². The van der Waals surface area contributed by atoms with Crippen molar-refractivity contribution in [2.45, 2.75) is 25.8 Å². The van der Waals surface area contributed by atoms with Gasteiger partial charge in [-0.25, -0.2) is 0 Å². The second kappa shape index (κ2) is 7.60. The Bertz CT molecular complexity index is 205. The van der Waals surface area contributed by atoms with Crippen molar-refractivity contribution in [3.05, 3.63) is 0 Å². The molecule has 94 valence electrons. The normalized spacial score (nSPS) is 19.4. The standard InChI is InChI=1S/C11H22N2O3/c1-9(10-2-5-15-6-3-10)13-11(14)8-16-7-4-12/h9-10H,2-8,12H2,1H3,(H,13,14). The Hall–Kier alpha value is -0.650. The molecule has 0 bridgehead atoms. The highest BCUT2D eigenvalue weighted by Gasteiger charge is 2.21. The molecule has 1 fully saturated rings. The van der Waals surface area contributed by atoms with Crippen molar-refractivity contribution in [3.8, 4) is 0 Å². The Morgan fingerprint density at radius 2 is 2.25 bits per heavy atom. The quantitative estimate of drug-likeness (QED) is 0.625. The molecule has 0 aromatic rings. The van der Waals surface area contributed by atoms with Crippen LogP contribution < -0.4 is 11.1 Å². The predicted octanol–water partition coefficient (Wildman–Crippen LogP) is -0.107. The Morgan fingerprint density at radius 3 is 2.88 bits per heavy atom. The molecule has 5 nitrogen and oxygen atoms in total. The molecule has 1 unspecified atom stereocenters. The molecule has 3 N–H and O–H groups in total. The Labute approximate surface area is 96.7 Å². The zero-order valence-corrected chi connectivity index (χ0v) is 9.91. The molecule has 16 heavy (non-hydrogen) atoms. The van der Waals surface area contributed by atoms with Crippen LogP contribution in [0.1, 0.15) is 19.8 Å². The number of hydrogen-bond donors (Lipinski definition) is 2. The third-order valence-electron chi connectivity index (χ3n) is 2.86. The molecule has 0 saturated carbocycles. The van der Waals surface area contributed by atoms with Gasteiger partial charge < -0.3 is 20.5 Å². The van der Waals surface area contributed by atoms with E-state index < -0.39 is 0 Å². The number of rotatable bonds is 6. The molecule has 1 heterocycles. The largest absolute Gasteiger partial charge is 0.381 e. The lowest BCUT2D eigenvalue weighted by atomic mass is 9.93. The van der Waals surface area contributed by atoms with Crippen molar-refractivity contribution in [1.29, 1.82) is 0 Å². The molecule has 1 rings (SSSR count). The summed E-state index contributed by atoms with van der Waals surface area (Å²) in [6, 6.07) is 0.192. The van der Waals surface area contributed by atoms with Crippen LogP contribution in [-0.4, -0.2) is 44.9 Å². The molecule has 1 saturated heterocycles. The van der Waals surface area contributed by atoms with Gasteiger partial charge in [0.1, 0.15) is 6.61 Å². The van der Waals surface area contributed by atoms with Gasteiger partial charge in [0, 0.05) is 25.8 Å². The summed E-state index contributed by atoms with van der Waals surface area (Å²) in [5.41, 5.74) is 5.26. The number of carbonyl (C=O) groups excluding carboxylic acids is 1. The van der Waals surface area contributed by atoms with E-state index in [1.165, 1.54) is 0 Å². The number of nitrogens with two attached hydrogens (primary N) is 1. The lowest BCUT2D eigenvalue weighted by Gasteiger charge is -2.28. The van der Waals surface area contributed by atoms with E-state index in [0.717, 1.165) is 26.1 Å². The summed E-state index contributed by atoms with van der Waals surface area (Å²) in [6.07, 6.45) is 2.04. The minimum atomic E-state index is -0.0626. The van der Waals surface area contributed by atoms with Gasteiger partial charge in [-0.2, -0.15) is 0 Å². The first-order valence-corrected chi connectivity index (χ1v) is 5.89. The predicted molar refractivity (Wildman–Crippen MR) is 61.0 cm³/mol. The molecule has 1 aliphatic heterocycles.